The lowest BCUT2D eigenvalue weighted by Gasteiger charge is -2.25. The predicted molar refractivity (Wildman–Crippen MR) is 134 cm³/mol. The summed E-state index contributed by atoms with van der Waals surface area (Å²) >= 11 is 1.18. The van der Waals surface area contributed by atoms with Crippen LogP contribution in [0.3, 0.4) is 0 Å². The molecule has 2 amide bonds. The molecule has 3 N–H and O–H groups in total. The number of hydrogen-bond donors (Lipinski definition) is 3. The van der Waals surface area contributed by atoms with Gasteiger partial charge < -0.3 is 16.0 Å². The number of rotatable bonds is 9. The van der Waals surface area contributed by atoms with E-state index in [1.807, 2.05) is 0 Å². The molecular weight excluding hydrogens is 559 g/mol. The first-order valence-corrected chi connectivity index (χ1v) is 13.6. The van der Waals surface area contributed by atoms with Crippen molar-refractivity contribution in [1.82, 2.24) is 29.9 Å². The zero-order valence-corrected chi connectivity index (χ0v) is 22.0. The van der Waals surface area contributed by atoms with E-state index in [1.165, 1.54) is 35.5 Å². The van der Waals surface area contributed by atoms with Crippen molar-refractivity contribution in [2.45, 2.75) is 56.7 Å². The molecule has 10 nitrogen and oxygen atoms in total. The SMILES string of the molecule is Cn1nc(C(F)F)cc1Nc1nncn1[C@H]1CCc2sc(NC(=O)[C@@H]3CC3(F)F)c(C(=O)NC[C@@H]3C[C@@H]3F)c2C1. The Bertz CT molecular complexity index is 1470. The van der Waals surface area contributed by atoms with Gasteiger partial charge in [-0.25, -0.2) is 22.0 Å². The lowest BCUT2D eigenvalue weighted by Crippen LogP contribution is -2.29. The van der Waals surface area contributed by atoms with E-state index in [9.17, 15) is 31.5 Å². The van der Waals surface area contributed by atoms with Gasteiger partial charge in [-0.1, -0.05) is 0 Å². The highest BCUT2D eigenvalue weighted by atomic mass is 32.1. The number of alkyl halides is 5. The van der Waals surface area contributed by atoms with E-state index in [0.29, 0.717) is 31.2 Å². The maximum Gasteiger partial charge on any atom is 0.282 e. The molecule has 2 fully saturated rings. The average molecular weight is 585 g/mol. The largest absolute Gasteiger partial charge is 0.352 e. The normalized spacial score (nSPS) is 24.5. The third-order valence-corrected chi connectivity index (χ3v) is 8.74. The van der Waals surface area contributed by atoms with E-state index >= 15 is 0 Å². The molecule has 0 aromatic carbocycles. The van der Waals surface area contributed by atoms with Crippen molar-refractivity contribution in [2.75, 3.05) is 17.2 Å². The monoisotopic (exact) mass is 584 g/mol. The van der Waals surface area contributed by atoms with Crippen LogP contribution in [-0.2, 0) is 24.7 Å². The van der Waals surface area contributed by atoms with E-state index in [1.54, 1.807) is 4.57 Å². The van der Waals surface area contributed by atoms with Crippen molar-refractivity contribution in [3.8, 4) is 0 Å². The molecule has 0 aliphatic heterocycles. The number of nitrogens with zero attached hydrogens (tertiary/aromatic N) is 5. The summed E-state index contributed by atoms with van der Waals surface area (Å²) < 4.78 is 69.6. The third kappa shape index (κ3) is 5.04. The average Bonchev–Trinajstić information content (AvgIpc) is 3.50. The van der Waals surface area contributed by atoms with Crippen LogP contribution in [0.15, 0.2) is 12.4 Å². The molecule has 40 heavy (non-hydrogen) atoms. The summed E-state index contributed by atoms with van der Waals surface area (Å²) in [4.78, 5) is 26.6. The van der Waals surface area contributed by atoms with E-state index in [2.05, 4.69) is 31.2 Å². The van der Waals surface area contributed by atoms with Gasteiger partial charge in [0.25, 0.3) is 18.3 Å². The topological polar surface area (TPSA) is 119 Å². The Morgan fingerprint density at radius 2 is 2.05 bits per heavy atom. The van der Waals surface area contributed by atoms with E-state index in [-0.39, 0.29) is 40.8 Å². The van der Waals surface area contributed by atoms with Gasteiger partial charge in [0.05, 0.1) is 5.56 Å². The first-order chi connectivity index (χ1) is 19.0. The highest BCUT2D eigenvalue weighted by molar-refractivity contribution is 7.17. The summed E-state index contributed by atoms with van der Waals surface area (Å²) in [6, 6.07) is 0.966. The van der Waals surface area contributed by atoms with Gasteiger partial charge in [0.1, 0.15) is 34.9 Å². The van der Waals surface area contributed by atoms with Crippen molar-refractivity contribution in [1.29, 1.82) is 0 Å². The molecule has 3 aromatic heterocycles. The summed E-state index contributed by atoms with van der Waals surface area (Å²) in [5.74, 6) is -5.54. The van der Waals surface area contributed by atoms with Gasteiger partial charge in [0.2, 0.25) is 11.9 Å². The Morgan fingerprint density at radius 3 is 2.70 bits per heavy atom. The summed E-state index contributed by atoms with van der Waals surface area (Å²) in [5, 5.41) is 20.3. The van der Waals surface area contributed by atoms with Gasteiger partial charge in [0, 0.05) is 42.9 Å². The fraction of sp³-hybridized carbons (Fsp3) is 0.542. The number of hydrogen-bond acceptors (Lipinski definition) is 7. The number of aryl methyl sites for hydroxylation is 2. The summed E-state index contributed by atoms with van der Waals surface area (Å²) in [6.45, 7) is 0.132. The van der Waals surface area contributed by atoms with E-state index in [4.69, 9.17) is 0 Å². The van der Waals surface area contributed by atoms with Gasteiger partial charge in [-0.05, 0) is 31.2 Å². The van der Waals surface area contributed by atoms with Crippen LogP contribution in [0.2, 0.25) is 0 Å². The number of carbonyl (C=O) groups is 2. The van der Waals surface area contributed by atoms with Crippen LogP contribution in [0.1, 0.15) is 58.2 Å². The van der Waals surface area contributed by atoms with E-state index < -0.39 is 48.4 Å². The molecule has 6 rings (SSSR count). The lowest BCUT2D eigenvalue weighted by molar-refractivity contribution is -0.119. The number of nitrogens with one attached hydrogen (secondary N) is 3. The Hall–Kier alpha value is -3.56. The number of carbonyl (C=O) groups excluding carboxylic acids is 2. The maximum absolute atomic E-state index is 13.5. The van der Waals surface area contributed by atoms with Crippen molar-refractivity contribution < 1.29 is 31.5 Å². The van der Waals surface area contributed by atoms with Crippen molar-refractivity contribution in [2.24, 2.45) is 18.9 Å². The second kappa shape index (κ2) is 9.82. The molecule has 0 spiro atoms. The Morgan fingerprint density at radius 1 is 1.30 bits per heavy atom. The van der Waals surface area contributed by atoms with Crippen LogP contribution < -0.4 is 16.0 Å². The number of halogens is 5. The number of thiophene rings is 1. The fourth-order valence-electron chi connectivity index (χ4n) is 4.99. The quantitative estimate of drug-likeness (QED) is 0.325. The van der Waals surface area contributed by atoms with Crippen LogP contribution in [-0.4, -0.2) is 55.0 Å². The van der Waals surface area contributed by atoms with Gasteiger partial charge in [-0.3, -0.25) is 18.8 Å². The number of aromatic nitrogens is 5. The number of anilines is 3. The molecule has 0 unspecified atom stereocenters. The smallest absolute Gasteiger partial charge is 0.282 e. The maximum atomic E-state index is 13.5. The lowest BCUT2D eigenvalue weighted by atomic mass is 9.91. The highest BCUT2D eigenvalue weighted by Gasteiger charge is 2.61. The molecule has 0 saturated heterocycles. The zero-order valence-electron chi connectivity index (χ0n) is 21.1. The van der Waals surface area contributed by atoms with Crippen LogP contribution >= 0.6 is 11.3 Å². The minimum Gasteiger partial charge on any atom is -0.352 e. The van der Waals surface area contributed by atoms with Gasteiger partial charge in [-0.15, -0.1) is 21.5 Å². The standard InChI is InChI=1S/C24H25F5N8O2S/c1-36-17(6-15(35-36)19(26)27)32-23-34-31-9-37(23)11-2-3-16-12(5-11)18(21(39)30-8-10-4-14(10)25)22(40-16)33-20(38)13-7-24(13,28)29/h6,9-11,13-14,19H,2-5,7-8H2,1H3,(H,30,39)(H,32,34)(H,33,38)/t10-,11-,13-,14-/m0/s1. The molecule has 3 heterocycles. The molecule has 3 aliphatic rings. The van der Waals surface area contributed by atoms with Gasteiger partial charge in [0.15, 0.2) is 0 Å². The van der Waals surface area contributed by atoms with Gasteiger partial charge >= 0.3 is 0 Å². The Balaban J connectivity index is 1.25. The fourth-order valence-corrected chi connectivity index (χ4v) is 6.23. The molecule has 2 saturated carbocycles. The zero-order chi connectivity index (χ0) is 28.3. The molecular formula is C24H25F5N8O2S. The van der Waals surface area contributed by atoms with Crippen molar-refractivity contribution in [3.05, 3.63) is 34.1 Å². The minimum atomic E-state index is -3.06. The molecule has 214 valence electrons. The van der Waals surface area contributed by atoms with Crippen molar-refractivity contribution in [3.63, 3.8) is 0 Å². The minimum absolute atomic E-state index is 0.132. The highest BCUT2D eigenvalue weighted by Crippen LogP contribution is 2.50. The Labute approximate surface area is 228 Å². The van der Waals surface area contributed by atoms with Crippen LogP contribution in [0.4, 0.5) is 38.7 Å². The van der Waals surface area contributed by atoms with Crippen LogP contribution in [0.5, 0.6) is 0 Å². The summed E-state index contributed by atoms with van der Waals surface area (Å²) in [5.41, 5.74) is 0.453. The molecule has 4 atom stereocenters. The molecule has 0 bridgehead atoms. The Kier molecular flexibility index (Phi) is 6.54. The van der Waals surface area contributed by atoms with Crippen LogP contribution in [0.25, 0.3) is 0 Å². The third-order valence-electron chi connectivity index (χ3n) is 7.53. The second-order valence-electron chi connectivity index (χ2n) is 10.4. The first-order valence-electron chi connectivity index (χ1n) is 12.8. The molecule has 16 heteroatoms. The summed E-state index contributed by atoms with van der Waals surface area (Å²) in [7, 11) is 1.51. The molecule has 0 radical (unpaired) electrons. The number of amides is 2. The van der Waals surface area contributed by atoms with Crippen LogP contribution in [0, 0.1) is 11.8 Å². The summed E-state index contributed by atoms with van der Waals surface area (Å²) in [6.07, 6.45) is -0.928. The number of fused-ring (bicyclic) bond motifs is 1. The van der Waals surface area contributed by atoms with Gasteiger partial charge in [-0.2, -0.15) is 5.10 Å². The molecule has 3 aromatic rings. The first kappa shape index (κ1) is 26.7. The van der Waals surface area contributed by atoms with E-state index in [0.717, 1.165) is 4.88 Å². The predicted octanol–water partition coefficient (Wildman–Crippen LogP) is 4.17. The van der Waals surface area contributed by atoms with Crippen molar-refractivity contribution >= 4 is 39.9 Å². The molecule has 3 aliphatic carbocycles. The second-order valence-corrected chi connectivity index (χ2v) is 11.5.